The number of anilines is 1. The van der Waals surface area contributed by atoms with E-state index in [0.717, 1.165) is 5.56 Å². The van der Waals surface area contributed by atoms with Gasteiger partial charge < -0.3 is 9.64 Å². The van der Waals surface area contributed by atoms with E-state index in [4.69, 9.17) is 27.6 Å². The van der Waals surface area contributed by atoms with E-state index >= 15 is 0 Å². The molecular weight excluding hydrogens is 540 g/mol. The van der Waals surface area contributed by atoms with Gasteiger partial charge in [0.15, 0.2) is 0 Å². The van der Waals surface area contributed by atoms with Crippen molar-refractivity contribution in [3.8, 4) is 12.3 Å². The fourth-order valence-electron chi connectivity index (χ4n) is 4.74. The number of fused-ring (bicyclic) bond motifs is 1. The number of benzene rings is 3. The van der Waals surface area contributed by atoms with Gasteiger partial charge in [-0.05, 0) is 54.8 Å². The number of hydrogen-bond acceptors (Lipinski definition) is 5. The number of carbonyl (C=O) groups excluding carboxylic acids is 3. The Balaban J connectivity index is 1.74. The largest absolute Gasteiger partial charge is 0.462 e. The molecule has 1 aliphatic rings. The molecule has 0 unspecified atom stereocenters. The van der Waals surface area contributed by atoms with Crippen molar-refractivity contribution >= 4 is 35.1 Å². The maximum atomic E-state index is 14.0. The summed E-state index contributed by atoms with van der Waals surface area (Å²) in [6, 6.07) is 22.3. The summed E-state index contributed by atoms with van der Waals surface area (Å²) in [5, 5.41) is 0.332. The number of hydroxylamine groups is 1. The van der Waals surface area contributed by atoms with Gasteiger partial charge in [0.25, 0.3) is 11.8 Å². The van der Waals surface area contributed by atoms with Crippen LogP contribution in [0.1, 0.15) is 51.1 Å². The van der Waals surface area contributed by atoms with Crippen LogP contribution >= 0.6 is 11.6 Å². The van der Waals surface area contributed by atoms with E-state index < -0.39 is 23.8 Å². The van der Waals surface area contributed by atoms with Crippen LogP contribution in [-0.2, 0) is 21.0 Å². The highest BCUT2D eigenvalue weighted by Gasteiger charge is 2.43. The quantitative estimate of drug-likeness (QED) is 0.142. The second-order valence-electron chi connectivity index (χ2n) is 9.15. The number of nitrogens with zero attached hydrogens (tertiary/aromatic N) is 1. The number of esters is 1. The van der Waals surface area contributed by atoms with Gasteiger partial charge in [-0.3, -0.25) is 14.4 Å². The fourth-order valence-corrected chi connectivity index (χ4v) is 4.89. The van der Waals surface area contributed by atoms with Crippen LogP contribution in [0.3, 0.4) is 0 Å². The highest BCUT2D eigenvalue weighted by atomic mass is 35.5. The summed E-state index contributed by atoms with van der Waals surface area (Å²) < 4.78 is 5.16. The van der Waals surface area contributed by atoms with Gasteiger partial charge in [0.05, 0.1) is 30.7 Å². The molecule has 0 radical (unpaired) electrons. The van der Waals surface area contributed by atoms with Gasteiger partial charge in [-0.2, -0.15) is 0 Å². The molecule has 208 valence electrons. The number of hydrogen-bond donors (Lipinski definition) is 1. The summed E-state index contributed by atoms with van der Waals surface area (Å²) >= 11 is 6.17. The average molecular weight is 569 g/mol. The second kappa shape index (κ2) is 14.1. The highest BCUT2D eigenvalue weighted by molar-refractivity contribution is 6.31. The summed E-state index contributed by atoms with van der Waals surface area (Å²) in [4.78, 5) is 47.4. The van der Waals surface area contributed by atoms with Crippen molar-refractivity contribution in [1.82, 2.24) is 5.48 Å². The Bertz CT molecular complexity index is 1510. The van der Waals surface area contributed by atoms with E-state index in [-0.39, 0.29) is 31.1 Å². The molecule has 1 aliphatic heterocycles. The van der Waals surface area contributed by atoms with Crippen LogP contribution in [0.25, 0.3) is 0 Å². The molecule has 0 fully saturated rings. The van der Waals surface area contributed by atoms with Crippen LogP contribution in [0.5, 0.6) is 0 Å². The molecule has 4 rings (SSSR count). The van der Waals surface area contributed by atoms with Crippen LogP contribution in [0.4, 0.5) is 5.69 Å². The smallest absolute Gasteiger partial charge is 0.338 e. The van der Waals surface area contributed by atoms with Crippen LogP contribution in [0.15, 0.2) is 102 Å². The van der Waals surface area contributed by atoms with Crippen molar-refractivity contribution < 1.29 is 24.0 Å². The highest BCUT2D eigenvalue weighted by Crippen LogP contribution is 2.38. The number of halogens is 1. The normalized spacial score (nSPS) is 16.7. The van der Waals surface area contributed by atoms with Crippen molar-refractivity contribution in [2.45, 2.75) is 31.9 Å². The standard InChI is InChI=1S/C33H29ClN2O5/c1-3-12-25(34)16-11-20-29-30(31(37)35-41-22-23-13-6-5-7-14-23)27-18-8-9-19-28(27)32(38)36(29)26-17-10-15-24(21-26)33(39)40-4-2/h1,5-19,21,29-30H,4,20,22H2,2H3,(H,35,37)/b16-11-,25-12+/t29-,30+/m0/s1. The molecule has 41 heavy (non-hydrogen) atoms. The van der Waals surface area contributed by atoms with Gasteiger partial charge in [0, 0.05) is 22.4 Å². The molecule has 7 nitrogen and oxygen atoms in total. The van der Waals surface area contributed by atoms with E-state index in [9.17, 15) is 14.4 Å². The van der Waals surface area contributed by atoms with E-state index in [1.165, 1.54) is 11.0 Å². The van der Waals surface area contributed by atoms with Crippen molar-refractivity contribution in [2.24, 2.45) is 0 Å². The topological polar surface area (TPSA) is 84.9 Å². The summed E-state index contributed by atoms with van der Waals surface area (Å²) in [5.41, 5.74) is 5.16. The minimum absolute atomic E-state index is 0.169. The lowest BCUT2D eigenvalue weighted by Crippen LogP contribution is -2.52. The number of rotatable bonds is 10. The lowest BCUT2D eigenvalue weighted by molar-refractivity contribution is -0.136. The van der Waals surface area contributed by atoms with Gasteiger partial charge >= 0.3 is 5.97 Å². The van der Waals surface area contributed by atoms with E-state index in [1.54, 1.807) is 67.6 Å². The van der Waals surface area contributed by atoms with Crippen molar-refractivity contribution in [3.63, 3.8) is 0 Å². The van der Waals surface area contributed by atoms with Gasteiger partial charge in [0.2, 0.25) is 0 Å². The molecule has 0 saturated carbocycles. The molecule has 0 saturated heterocycles. The summed E-state index contributed by atoms with van der Waals surface area (Å²) in [5.74, 6) is 0.318. The van der Waals surface area contributed by atoms with Crippen LogP contribution in [0, 0.1) is 12.3 Å². The van der Waals surface area contributed by atoms with Crippen LogP contribution < -0.4 is 10.4 Å². The molecule has 2 atom stereocenters. The van der Waals surface area contributed by atoms with Crippen molar-refractivity contribution in [3.05, 3.63) is 124 Å². The third-order valence-electron chi connectivity index (χ3n) is 6.51. The monoisotopic (exact) mass is 568 g/mol. The summed E-state index contributed by atoms with van der Waals surface area (Å²) in [7, 11) is 0. The number of allylic oxidation sites excluding steroid dienone is 3. The van der Waals surface area contributed by atoms with E-state index in [2.05, 4.69) is 11.4 Å². The average Bonchev–Trinajstić information content (AvgIpc) is 2.98. The first-order valence-corrected chi connectivity index (χ1v) is 13.5. The van der Waals surface area contributed by atoms with E-state index in [0.29, 0.717) is 21.8 Å². The third-order valence-corrected chi connectivity index (χ3v) is 6.74. The van der Waals surface area contributed by atoms with Gasteiger partial charge in [0.1, 0.15) is 0 Å². The summed E-state index contributed by atoms with van der Waals surface area (Å²) in [6.45, 7) is 2.10. The van der Waals surface area contributed by atoms with E-state index in [1.807, 2.05) is 30.3 Å². The van der Waals surface area contributed by atoms with Crippen molar-refractivity contribution in [2.75, 3.05) is 11.5 Å². The predicted octanol–water partition coefficient (Wildman–Crippen LogP) is 5.93. The van der Waals surface area contributed by atoms with Crippen molar-refractivity contribution in [1.29, 1.82) is 0 Å². The zero-order valence-corrected chi connectivity index (χ0v) is 23.2. The minimum Gasteiger partial charge on any atom is -0.462 e. The molecule has 3 aromatic rings. The molecular formula is C33H29ClN2O5. The first-order valence-electron chi connectivity index (χ1n) is 13.1. The van der Waals surface area contributed by atoms with Gasteiger partial charge in [-0.25, -0.2) is 10.3 Å². The molecule has 0 aliphatic carbocycles. The Labute approximate surface area is 244 Å². The van der Waals surface area contributed by atoms with Crippen LogP contribution in [-0.4, -0.2) is 30.4 Å². The molecule has 1 N–H and O–H groups in total. The predicted molar refractivity (Wildman–Crippen MR) is 158 cm³/mol. The zero-order chi connectivity index (χ0) is 29.2. The molecule has 0 bridgehead atoms. The Hall–Kier alpha value is -4.64. The first kappa shape index (κ1) is 29.3. The lowest BCUT2D eigenvalue weighted by atomic mass is 9.80. The molecule has 0 aromatic heterocycles. The number of carbonyl (C=O) groups is 3. The number of amides is 2. The SMILES string of the molecule is C#C/C=C(Cl)\C=C/C[C@H]1[C@H](C(=O)NOCc2ccccc2)c2ccccc2C(=O)N1c1cccc(C(=O)OCC)c1. The first-order chi connectivity index (χ1) is 19.9. The number of ether oxygens (including phenoxy) is 1. The molecule has 2 amide bonds. The maximum absolute atomic E-state index is 14.0. The second-order valence-corrected chi connectivity index (χ2v) is 9.59. The Morgan fingerprint density at radius 3 is 2.59 bits per heavy atom. The number of terminal acetylenes is 1. The zero-order valence-electron chi connectivity index (χ0n) is 22.5. The number of nitrogens with one attached hydrogen (secondary N) is 1. The Morgan fingerprint density at radius 1 is 1.07 bits per heavy atom. The van der Waals surface area contributed by atoms with Gasteiger partial charge in [-0.1, -0.05) is 78.2 Å². The molecule has 0 spiro atoms. The minimum atomic E-state index is -0.814. The Morgan fingerprint density at radius 2 is 1.83 bits per heavy atom. The Kier molecular flexibility index (Phi) is 10.1. The fraction of sp³-hybridized carbons (Fsp3) is 0.182. The van der Waals surface area contributed by atoms with Crippen LogP contribution in [0.2, 0.25) is 0 Å². The van der Waals surface area contributed by atoms with Gasteiger partial charge in [-0.15, -0.1) is 6.42 Å². The summed E-state index contributed by atoms with van der Waals surface area (Å²) in [6.07, 6.45) is 10.4. The molecule has 1 heterocycles. The molecule has 3 aromatic carbocycles. The lowest BCUT2D eigenvalue weighted by Gasteiger charge is -2.41. The molecule has 8 heteroatoms. The maximum Gasteiger partial charge on any atom is 0.338 e. The third kappa shape index (κ3) is 7.12.